The molecule has 29 heavy (non-hydrogen) atoms. The molecule has 6 nitrogen and oxygen atoms in total. The highest BCUT2D eigenvalue weighted by Gasteiger charge is 2.22. The number of hydrogen-bond donors (Lipinski definition) is 1. The standard InChI is InChI=1S/C23H28N6/c1-16(2)29-9-6-18(7-10-29)19-12-21(20-14-25-28(4)15-20)26-23(13-19)27-22-11-17(3)5-8-24-22/h5,8,11-15,18H,1,6-7,9-10H2,2-4H3,(H,24,26,27). The molecule has 4 heterocycles. The van der Waals surface area contributed by atoms with Crippen LogP contribution in [0.4, 0.5) is 11.6 Å². The summed E-state index contributed by atoms with van der Waals surface area (Å²) >= 11 is 0. The summed E-state index contributed by atoms with van der Waals surface area (Å²) in [6.07, 6.45) is 7.92. The minimum atomic E-state index is 0.509. The first kappa shape index (κ1) is 19.2. The van der Waals surface area contributed by atoms with Crippen molar-refractivity contribution in [3.05, 3.63) is 66.3 Å². The largest absolute Gasteiger partial charge is 0.375 e. The van der Waals surface area contributed by atoms with Crippen LogP contribution in [0.2, 0.25) is 0 Å². The van der Waals surface area contributed by atoms with E-state index < -0.39 is 0 Å². The number of likely N-dealkylation sites (tertiary alicyclic amines) is 1. The van der Waals surface area contributed by atoms with Crippen molar-refractivity contribution in [2.24, 2.45) is 7.05 Å². The summed E-state index contributed by atoms with van der Waals surface area (Å²) in [6.45, 7) is 10.3. The van der Waals surface area contributed by atoms with Crippen LogP contribution in [0.5, 0.6) is 0 Å². The molecule has 0 atom stereocenters. The quantitative estimate of drug-likeness (QED) is 0.690. The SMILES string of the molecule is C=C(C)N1CCC(c2cc(Nc3cc(C)ccn3)nc(-c3cnn(C)c3)c2)CC1. The number of nitrogens with zero attached hydrogens (tertiary/aromatic N) is 5. The molecule has 1 fully saturated rings. The average molecular weight is 389 g/mol. The first-order valence-electron chi connectivity index (χ1n) is 10.1. The predicted octanol–water partition coefficient (Wildman–Crippen LogP) is 4.64. The lowest BCUT2D eigenvalue weighted by Crippen LogP contribution is -2.31. The van der Waals surface area contributed by atoms with Gasteiger partial charge in [0.2, 0.25) is 0 Å². The van der Waals surface area contributed by atoms with E-state index in [1.807, 2.05) is 42.5 Å². The second-order valence-electron chi connectivity index (χ2n) is 7.91. The van der Waals surface area contributed by atoms with E-state index in [4.69, 9.17) is 4.98 Å². The normalized spacial score (nSPS) is 14.8. The Hall–Kier alpha value is -3.15. The topological polar surface area (TPSA) is 58.9 Å². The molecule has 6 heteroatoms. The third-order valence-corrected chi connectivity index (χ3v) is 5.53. The first-order valence-corrected chi connectivity index (χ1v) is 10.1. The predicted molar refractivity (Wildman–Crippen MR) is 117 cm³/mol. The van der Waals surface area contributed by atoms with E-state index in [0.717, 1.165) is 54.5 Å². The molecule has 1 N–H and O–H groups in total. The van der Waals surface area contributed by atoms with Crippen molar-refractivity contribution >= 4 is 11.6 Å². The summed E-state index contributed by atoms with van der Waals surface area (Å²) in [6, 6.07) is 8.41. The summed E-state index contributed by atoms with van der Waals surface area (Å²) in [4.78, 5) is 11.7. The number of aryl methyl sites for hydroxylation is 2. The Morgan fingerprint density at radius 2 is 1.97 bits per heavy atom. The number of hydrogen-bond acceptors (Lipinski definition) is 5. The lowest BCUT2D eigenvalue weighted by Gasteiger charge is -2.34. The van der Waals surface area contributed by atoms with E-state index in [1.54, 1.807) is 0 Å². The van der Waals surface area contributed by atoms with Crippen LogP contribution in [0.15, 0.2) is 55.1 Å². The molecule has 0 amide bonds. The second-order valence-corrected chi connectivity index (χ2v) is 7.91. The number of piperidine rings is 1. The lowest BCUT2D eigenvalue weighted by molar-refractivity contribution is 0.264. The summed E-state index contributed by atoms with van der Waals surface area (Å²) in [7, 11) is 1.93. The molecule has 3 aromatic heterocycles. The molecule has 1 saturated heterocycles. The fourth-order valence-electron chi connectivity index (χ4n) is 3.88. The number of rotatable bonds is 5. The maximum atomic E-state index is 4.85. The molecule has 0 aliphatic carbocycles. The molecule has 1 aliphatic heterocycles. The zero-order valence-corrected chi connectivity index (χ0v) is 17.4. The van der Waals surface area contributed by atoms with E-state index in [-0.39, 0.29) is 0 Å². The van der Waals surface area contributed by atoms with E-state index in [0.29, 0.717) is 5.92 Å². The number of pyridine rings is 2. The van der Waals surface area contributed by atoms with E-state index in [2.05, 4.69) is 52.9 Å². The third kappa shape index (κ3) is 4.47. The smallest absolute Gasteiger partial charge is 0.132 e. The van der Waals surface area contributed by atoms with Crippen molar-refractivity contribution in [3.63, 3.8) is 0 Å². The average Bonchev–Trinajstić information content (AvgIpc) is 3.14. The summed E-state index contributed by atoms with van der Waals surface area (Å²) < 4.78 is 1.81. The van der Waals surface area contributed by atoms with Gasteiger partial charge in [-0.3, -0.25) is 4.68 Å². The van der Waals surface area contributed by atoms with Gasteiger partial charge in [-0.1, -0.05) is 6.58 Å². The highest BCUT2D eigenvalue weighted by molar-refractivity contribution is 5.64. The summed E-state index contributed by atoms with van der Waals surface area (Å²) in [5, 5.41) is 7.71. The van der Waals surface area contributed by atoms with Crippen LogP contribution in [-0.4, -0.2) is 37.7 Å². The fraction of sp³-hybridized carbons (Fsp3) is 0.348. The van der Waals surface area contributed by atoms with Crippen LogP contribution >= 0.6 is 0 Å². The molecule has 0 spiro atoms. The van der Waals surface area contributed by atoms with Gasteiger partial charge in [-0.25, -0.2) is 9.97 Å². The molecule has 3 aromatic rings. The highest BCUT2D eigenvalue weighted by atomic mass is 15.2. The highest BCUT2D eigenvalue weighted by Crippen LogP contribution is 2.33. The minimum Gasteiger partial charge on any atom is -0.375 e. The Bertz CT molecular complexity index is 1010. The van der Waals surface area contributed by atoms with Crippen molar-refractivity contribution in [1.82, 2.24) is 24.6 Å². The molecular formula is C23H28N6. The number of nitrogens with one attached hydrogen (secondary N) is 1. The van der Waals surface area contributed by atoms with Crippen LogP contribution in [-0.2, 0) is 7.05 Å². The molecule has 4 rings (SSSR count). The Morgan fingerprint density at radius 3 is 2.62 bits per heavy atom. The minimum absolute atomic E-state index is 0.509. The van der Waals surface area contributed by atoms with Gasteiger partial charge in [0.05, 0.1) is 11.9 Å². The zero-order valence-electron chi connectivity index (χ0n) is 17.4. The van der Waals surface area contributed by atoms with E-state index in [1.165, 1.54) is 11.1 Å². The molecule has 0 aromatic carbocycles. The van der Waals surface area contributed by atoms with Crippen LogP contribution in [0.3, 0.4) is 0 Å². The Morgan fingerprint density at radius 1 is 1.17 bits per heavy atom. The maximum absolute atomic E-state index is 4.85. The van der Waals surface area contributed by atoms with Crippen molar-refractivity contribution in [1.29, 1.82) is 0 Å². The monoisotopic (exact) mass is 388 g/mol. The second kappa shape index (κ2) is 8.07. The van der Waals surface area contributed by atoms with Gasteiger partial charge < -0.3 is 10.2 Å². The molecule has 150 valence electrons. The summed E-state index contributed by atoms with van der Waals surface area (Å²) in [5.74, 6) is 2.14. The molecule has 0 radical (unpaired) electrons. The number of anilines is 2. The lowest BCUT2D eigenvalue weighted by atomic mass is 9.89. The number of allylic oxidation sites excluding steroid dienone is 1. The van der Waals surface area contributed by atoms with Gasteiger partial charge in [0.1, 0.15) is 11.6 Å². The van der Waals surface area contributed by atoms with Gasteiger partial charge in [0, 0.05) is 43.8 Å². The number of aromatic nitrogens is 4. The molecule has 1 aliphatic rings. The van der Waals surface area contributed by atoms with Crippen molar-refractivity contribution in [2.75, 3.05) is 18.4 Å². The Kier molecular flexibility index (Phi) is 5.34. The van der Waals surface area contributed by atoms with Gasteiger partial charge in [-0.05, 0) is 68.0 Å². The van der Waals surface area contributed by atoms with Crippen LogP contribution < -0.4 is 5.32 Å². The van der Waals surface area contributed by atoms with Gasteiger partial charge in [-0.2, -0.15) is 5.10 Å². The van der Waals surface area contributed by atoms with Gasteiger partial charge in [-0.15, -0.1) is 0 Å². The third-order valence-electron chi connectivity index (χ3n) is 5.53. The molecule has 0 saturated carbocycles. The van der Waals surface area contributed by atoms with Crippen LogP contribution in [0, 0.1) is 6.92 Å². The van der Waals surface area contributed by atoms with Gasteiger partial charge in [0.15, 0.2) is 0 Å². The Balaban J connectivity index is 1.66. The van der Waals surface area contributed by atoms with E-state index >= 15 is 0 Å². The molecular weight excluding hydrogens is 360 g/mol. The molecule has 0 bridgehead atoms. The maximum Gasteiger partial charge on any atom is 0.132 e. The Labute approximate surface area is 172 Å². The summed E-state index contributed by atoms with van der Waals surface area (Å²) in [5.41, 5.74) is 5.60. The molecule has 0 unspecified atom stereocenters. The van der Waals surface area contributed by atoms with Gasteiger partial charge in [0.25, 0.3) is 0 Å². The van der Waals surface area contributed by atoms with Crippen molar-refractivity contribution in [3.8, 4) is 11.3 Å². The van der Waals surface area contributed by atoms with Crippen molar-refractivity contribution in [2.45, 2.75) is 32.6 Å². The van der Waals surface area contributed by atoms with Gasteiger partial charge >= 0.3 is 0 Å². The first-order chi connectivity index (χ1) is 14.0. The zero-order chi connectivity index (χ0) is 20.4. The van der Waals surface area contributed by atoms with Crippen LogP contribution in [0.25, 0.3) is 11.3 Å². The van der Waals surface area contributed by atoms with Crippen LogP contribution in [0.1, 0.15) is 36.8 Å². The van der Waals surface area contributed by atoms with E-state index in [9.17, 15) is 0 Å². The van der Waals surface area contributed by atoms with Crippen molar-refractivity contribution < 1.29 is 0 Å². The fourth-order valence-corrected chi connectivity index (χ4v) is 3.88.